The summed E-state index contributed by atoms with van der Waals surface area (Å²) in [6.45, 7) is 0. The fourth-order valence-electron chi connectivity index (χ4n) is 2.76. The molecule has 1 fully saturated rings. The third-order valence-electron chi connectivity index (χ3n) is 3.76. The standard InChI is InChI=1S/C15H16F2N4/c16-11-6-10(7-12(17)8-11)14-19-13(20-15(18)21-14)9-4-2-1-3-5-9/h6-9H,1-5H2,(H2,18,19,20,21). The van der Waals surface area contributed by atoms with Gasteiger partial charge in [-0.15, -0.1) is 0 Å². The number of nitrogens with two attached hydrogens (primary N) is 1. The summed E-state index contributed by atoms with van der Waals surface area (Å²) in [6, 6.07) is 3.21. The van der Waals surface area contributed by atoms with Gasteiger partial charge in [-0.05, 0) is 25.0 Å². The van der Waals surface area contributed by atoms with Gasteiger partial charge in [0, 0.05) is 17.5 Å². The van der Waals surface area contributed by atoms with Gasteiger partial charge in [-0.2, -0.15) is 9.97 Å². The summed E-state index contributed by atoms with van der Waals surface area (Å²) < 4.78 is 26.7. The van der Waals surface area contributed by atoms with E-state index >= 15 is 0 Å². The van der Waals surface area contributed by atoms with E-state index < -0.39 is 11.6 Å². The molecule has 0 saturated heterocycles. The lowest BCUT2D eigenvalue weighted by atomic mass is 9.89. The van der Waals surface area contributed by atoms with Crippen LogP contribution in [0.4, 0.5) is 14.7 Å². The molecular formula is C15H16F2N4. The monoisotopic (exact) mass is 290 g/mol. The van der Waals surface area contributed by atoms with E-state index in [0.717, 1.165) is 31.7 Å². The van der Waals surface area contributed by atoms with Crippen molar-refractivity contribution in [2.45, 2.75) is 38.0 Å². The number of hydrogen-bond donors (Lipinski definition) is 1. The number of halogens is 2. The molecule has 1 aromatic carbocycles. The number of anilines is 1. The number of nitrogens with zero attached hydrogens (tertiary/aromatic N) is 3. The van der Waals surface area contributed by atoms with Crippen molar-refractivity contribution >= 4 is 5.95 Å². The highest BCUT2D eigenvalue weighted by atomic mass is 19.1. The lowest BCUT2D eigenvalue weighted by Crippen LogP contribution is -2.12. The van der Waals surface area contributed by atoms with Crippen molar-refractivity contribution in [2.24, 2.45) is 0 Å². The molecule has 2 N–H and O–H groups in total. The van der Waals surface area contributed by atoms with Crippen molar-refractivity contribution in [2.75, 3.05) is 5.73 Å². The maximum absolute atomic E-state index is 13.3. The Bertz CT molecular complexity index is 634. The third-order valence-corrected chi connectivity index (χ3v) is 3.76. The number of benzene rings is 1. The topological polar surface area (TPSA) is 64.7 Å². The SMILES string of the molecule is Nc1nc(-c2cc(F)cc(F)c2)nc(C2CCCCC2)n1. The molecule has 0 radical (unpaired) electrons. The molecule has 0 aliphatic heterocycles. The lowest BCUT2D eigenvalue weighted by molar-refractivity contribution is 0.428. The van der Waals surface area contributed by atoms with Crippen molar-refractivity contribution in [3.8, 4) is 11.4 Å². The number of hydrogen-bond acceptors (Lipinski definition) is 4. The largest absolute Gasteiger partial charge is 0.368 e. The normalized spacial score (nSPS) is 16.1. The number of aromatic nitrogens is 3. The maximum Gasteiger partial charge on any atom is 0.223 e. The van der Waals surface area contributed by atoms with Gasteiger partial charge in [0.05, 0.1) is 0 Å². The molecule has 110 valence electrons. The Morgan fingerprint density at radius 2 is 1.57 bits per heavy atom. The fraction of sp³-hybridized carbons (Fsp3) is 0.400. The first-order chi connectivity index (χ1) is 10.1. The second-order valence-corrected chi connectivity index (χ2v) is 5.37. The quantitative estimate of drug-likeness (QED) is 0.920. The van der Waals surface area contributed by atoms with Crippen molar-refractivity contribution in [1.82, 2.24) is 15.0 Å². The van der Waals surface area contributed by atoms with Gasteiger partial charge in [0.15, 0.2) is 5.82 Å². The Morgan fingerprint density at radius 1 is 0.905 bits per heavy atom. The first-order valence-corrected chi connectivity index (χ1v) is 7.10. The van der Waals surface area contributed by atoms with E-state index in [1.165, 1.54) is 18.6 Å². The molecule has 3 rings (SSSR count). The highest BCUT2D eigenvalue weighted by molar-refractivity contribution is 5.56. The molecular weight excluding hydrogens is 274 g/mol. The summed E-state index contributed by atoms with van der Waals surface area (Å²) >= 11 is 0. The predicted molar refractivity (Wildman–Crippen MR) is 75.4 cm³/mol. The molecule has 1 heterocycles. The third kappa shape index (κ3) is 3.15. The molecule has 1 saturated carbocycles. The minimum atomic E-state index is -0.664. The molecule has 2 aromatic rings. The number of nitrogen functional groups attached to an aromatic ring is 1. The molecule has 0 bridgehead atoms. The van der Waals surface area contributed by atoms with Crippen LogP contribution < -0.4 is 5.73 Å². The Morgan fingerprint density at radius 3 is 2.24 bits per heavy atom. The van der Waals surface area contributed by atoms with Crippen LogP contribution in [0.15, 0.2) is 18.2 Å². The highest BCUT2D eigenvalue weighted by Crippen LogP contribution is 2.31. The van der Waals surface area contributed by atoms with E-state index in [-0.39, 0.29) is 23.3 Å². The van der Waals surface area contributed by atoms with Crippen LogP contribution in [0.5, 0.6) is 0 Å². The van der Waals surface area contributed by atoms with Crippen LogP contribution in [0.1, 0.15) is 43.8 Å². The van der Waals surface area contributed by atoms with E-state index in [1.807, 2.05) is 0 Å². The van der Waals surface area contributed by atoms with E-state index in [9.17, 15) is 8.78 Å². The van der Waals surface area contributed by atoms with E-state index in [2.05, 4.69) is 15.0 Å². The van der Waals surface area contributed by atoms with Gasteiger partial charge in [0.25, 0.3) is 0 Å². The van der Waals surface area contributed by atoms with E-state index in [1.54, 1.807) is 0 Å². The van der Waals surface area contributed by atoms with Crippen LogP contribution in [0, 0.1) is 11.6 Å². The first-order valence-electron chi connectivity index (χ1n) is 7.10. The van der Waals surface area contributed by atoms with E-state index in [4.69, 9.17) is 5.73 Å². The predicted octanol–water partition coefficient (Wildman–Crippen LogP) is 3.45. The van der Waals surface area contributed by atoms with Crippen molar-refractivity contribution in [3.63, 3.8) is 0 Å². The Balaban J connectivity index is 2.00. The zero-order valence-electron chi connectivity index (χ0n) is 11.5. The molecule has 0 amide bonds. The summed E-state index contributed by atoms with van der Waals surface area (Å²) in [5.74, 6) is -0.138. The molecule has 1 aliphatic rings. The summed E-state index contributed by atoms with van der Waals surface area (Å²) in [4.78, 5) is 12.6. The molecule has 21 heavy (non-hydrogen) atoms. The average Bonchev–Trinajstić information content (AvgIpc) is 2.46. The lowest BCUT2D eigenvalue weighted by Gasteiger charge is -2.20. The van der Waals surface area contributed by atoms with Gasteiger partial charge in [0.2, 0.25) is 5.95 Å². The van der Waals surface area contributed by atoms with Gasteiger partial charge < -0.3 is 5.73 Å². The maximum atomic E-state index is 13.3. The van der Waals surface area contributed by atoms with Gasteiger partial charge in [-0.25, -0.2) is 13.8 Å². The number of rotatable bonds is 2. The van der Waals surface area contributed by atoms with Gasteiger partial charge in [0.1, 0.15) is 17.5 Å². The van der Waals surface area contributed by atoms with Gasteiger partial charge in [-0.3, -0.25) is 0 Å². The summed E-state index contributed by atoms with van der Waals surface area (Å²) in [5.41, 5.74) is 6.01. The fourth-order valence-corrected chi connectivity index (χ4v) is 2.76. The van der Waals surface area contributed by atoms with Crippen LogP contribution in [0.25, 0.3) is 11.4 Å². The van der Waals surface area contributed by atoms with Crippen molar-refractivity contribution < 1.29 is 8.78 Å². The van der Waals surface area contributed by atoms with E-state index in [0.29, 0.717) is 5.82 Å². The summed E-state index contributed by atoms with van der Waals surface area (Å²) in [6.07, 6.45) is 5.53. The zero-order chi connectivity index (χ0) is 14.8. The minimum Gasteiger partial charge on any atom is -0.368 e. The zero-order valence-corrected chi connectivity index (χ0v) is 11.5. The van der Waals surface area contributed by atoms with Crippen molar-refractivity contribution in [1.29, 1.82) is 0 Å². The Labute approximate surface area is 121 Å². The molecule has 0 spiro atoms. The van der Waals surface area contributed by atoms with Crippen LogP contribution in [-0.2, 0) is 0 Å². The van der Waals surface area contributed by atoms with Crippen LogP contribution in [0.3, 0.4) is 0 Å². The molecule has 4 nitrogen and oxygen atoms in total. The Hall–Kier alpha value is -2.11. The smallest absolute Gasteiger partial charge is 0.223 e. The van der Waals surface area contributed by atoms with Crippen LogP contribution >= 0.6 is 0 Å². The second-order valence-electron chi connectivity index (χ2n) is 5.37. The molecule has 0 atom stereocenters. The van der Waals surface area contributed by atoms with Crippen molar-refractivity contribution in [3.05, 3.63) is 35.7 Å². The molecule has 1 aromatic heterocycles. The minimum absolute atomic E-state index is 0.0882. The highest BCUT2D eigenvalue weighted by Gasteiger charge is 2.20. The van der Waals surface area contributed by atoms with Crippen LogP contribution in [0.2, 0.25) is 0 Å². The second kappa shape index (κ2) is 5.71. The molecule has 0 unspecified atom stereocenters. The Kier molecular flexibility index (Phi) is 3.77. The first kappa shape index (κ1) is 13.9. The van der Waals surface area contributed by atoms with Gasteiger partial charge >= 0.3 is 0 Å². The molecule has 1 aliphatic carbocycles. The van der Waals surface area contributed by atoms with Crippen LogP contribution in [-0.4, -0.2) is 15.0 Å². The average molecular weight is 290 g/mol. The molecule has 6 heteroatoms. The van der Waals surface area contributed by atoms with Gasteiger partial charge in [-0.1, -0.05) is 19.3 Å². The summed E-state index contributed by atoms with van der Waals surface area (Å²) in [7, 11) is 0. The summed E-state index contributed by atoms with van der Waals surface area (Å²) in [5, 5.41) is 0.